The van der Waals surface area contributed by atoms with Crippen molar-refractivity contribution in [2.45, 2.75) is 36.9 Å². The van der Waals surface area contributed by atoms with Gasteiger partial charge in [-0.1, -0.05) is 91.0 Å². The fraction of sp³-hybridized carbons (Fsp3) is 0.184. The number of carboxylic acid groups (broad SMARTS) is 5. The fourth-order valence-electron chi connectivity index (χ4n) is 5.04. The molecule has 17 nitrogen and oxygen atoms in total. The van der Waals surface area contributed by atoms with Crippen LogP contribution < -0.4 is 0 Å². The van der Waals surface area contributed by atoms with E-state index < -0.39 is 66.3 Å². The van der Waals surface area contributed by atoms with Crippen LogP contribution in [0.15, 0.2) is 115 Å². The molecule has 0 aliphatic carbocycles. The summed E-state index contributed by atoms with van der Waals surface area (Å²) in [5.74, 6) is -9.11. The molecule has 1 amide bonds. The van der Waals surface area contributed by atoms with Crippen LogP contribution >= 0.6 is 0 Å². The first kappa shape index (κ1) is 42.3. The summed E-state index contributed by atoms with van der Waals surface area (Å²) in [6.45, 7) is 0.548. The highest BCUT2D eigenvalue weighted by Gasteiger charge is 2.37. The lowest BCUT2D eigenvalue weighted by atomic mass is 9.88. The van der Waals surface area contributed by atoms with E-state index in [0.717, 1.165) is 17.5 Å². The van der Waals surface area contributed by atoms with Crippen molar-refractivity contribution in [2.75, 3.05) is 6.54 Å². The van der Waals surface area contributed by atoms with Crippen LogP contribution in [0.4, 0.5) is 4.79 Å². The molecule has 5 rings (SSSR count). The number of hydrogen-bond donors (Lipinski definition) is 7. The maximum Gasteiger partial charge on any atom is 0.408 e. The molecule has 288 valence electrons. The number of aliphatic carboxylic acids is 4. The Morgan fingerprint density at radius 1 is 0.527 bits per heavy atom. The van der Waals surface area contributed by atoms with E-state index >= 15 is 0 Å². The van der Waals surface area contributed by atoms with Gasteiger partial charge in [-0.05, 0) is 47.4 Å². The average molecular weight is 762 g/mol. The van der Waals surface area contributed by atoms with Crippen LogP contribution in [0.25, 0.3) is 0 Å². The number of aliphatic hydroxyl groups is 2. The number of esters is 2. The summed E-state index contributed by atoms with van der Waals surface area (Å²) in [6.07, 6.45) is -9.04. The maximum absolute atomic E-state index is 11.5. The normalized spacial score (nSPS) is 14.9. The van der Waals surface area contributed by atoms with E-state index in [-0.39, 0.29) is 17.2 Å². The Hall–Kier alpha value is -7.11. The van der Waals surface area contributed by atoms with Crippen molar-refractivity contribution in [3.05, 3.63) is 143 Å². The minimum Gasteiger partial charge on any atom is -0.479 e. The van der Waals surface area contributed by atoms with E-state index in [0.29, 0.717) is 6.54 Å². The first-order chi connectivity index (χ1) is 26.1. The number of fused-ring (bicyclic) bond motifs is 1. The highest BCUT2D eigenvalue weighted by molar-refractivity contribution is 5.93. The zero-order valence-corrected chi connectivity index (χ0v) is 28.5. The summed E-state index contributed by atoms with van der Waals surface area (Å²) in [5, 5.41) is 61.9. The Balaban J connectivity index is 0.000000222. The van der Waals surface area contributed by atoms with Gasteiger partial charge in [0.25, 0.3) is 0 Å². The van der Waals surface area contributed by atoms with Crippen molar-refractivity contribution in [2.24, 2.45) is 0 Å². The molecule has 0 saturated carbocycles. The van der Waals surface area contributed by atoms with Crippen molar-refractivity contribution < 1.29 is 78.8 Å². The van der Waals surface area contributed by atoms with Crippen LogP contribution in [0.2, 0.25) is 0 Å². The van der Waals surface area contributed by atoms with Crippen molar-refractivity contribution in [3.63, 3.8) is 0 Å². The zero-order valence-electron chi connectivity index (χ0n) is 28.5. The number of benzene rings is 4. The number of ether oxygens (including phenoxy) is 2. The summed E-state index contributed by atoms with van der Waals surface area (Å²) in [7, 11) is 0. The van der Waals surface area contributed by atoms with Gasteiger partial charge in [0.15, 0.2) is 12.2 Å². The Kier molecular flexibility index (Phi) is 15.5. The SMILES string of the molecule is O=C(O)N1CCc2ccccc2[C@H]1c1ccccc1.O=C(OC(C(=O)O)C(O)C(=O)O)c1ccccc1.O=C(O[C@H](C(=O)O)[C@H](O)C(=O)O)c1ccccc1. The number of rotatable bonds is 11. The minimum absolute atomic E-state index is 0.0568. The molecule has 17 heteroatoms. The third kappa shape index (κ3) is 12.0. The second-order valence-corrected chi connectivity index (χ2v) is 11.4. The highest BCUT2D eigenvalue weighted by Crippen LogP contribution is 2.34. The Morgan fingerprint density at radius 3 is 1.29 bits per heavy atom. The topological polar surface area (TPSA) is 283 Å². The quantitative estimate of drug-likeness (QED) is 0.108. The van der Waals surface area contributed by atoms with Crippen molar-refractivity contribution in [1.29, 1.82) is 0 Å². The summed E-state index contributed by atoms with van der Waals surface area (Å²) in [4.78, 5) is 78.3. The molecule has 0 aromatic heterocycles. The van der Waals surface area contributed by atoms with E-state index in [4.69, 9.17) is 30.6 Å². The molecule has 2 unspecified atom stereocenters. The number of hydrogen-bond acceptors (Lipinski definition) is 11. The lowest BCUT2D eigenvalue weighted by Crippen LogP contribution is -2.43. The predicted molar refractivity (Wildman–Crippen MR) is 187 cm³/mol. The number of carbonyl (C=O) groups excluding carboxylic acids is 2. The lowest BCUT2D eigenvalue weighted by molar-refractivity contribution is -0.166. The average Bonchev–Trinajstić information content (AvgIpc) is 3.19. The van der Waals surface area contributed by atoms with Gasteiger partial charge in [0.05, 0.1) is 17.2 Å². The van der Waals surface area contributed by atoms with Crippen LogP contribution in [0.5, 0.6) is 0 Å². The van der Waals surface area contributed by atoms with E-state index in [2.05, 4.69) is 15.5 Å². The smallest absolute Gasteiger partial charge is 0.408 e. The van der Waals surface area contributed by atoms with Crippen LogP contribution in [-0.2, 0) is 35.1 Å². The van der Waals surface area contributed by atoms with Crippen LogP contribution in [0.3, 0.4) is 0 Å². The zero-order chi connectivity index (χ0) is 40.7. The van der Waals surface area contributed by atoms with Gasteiger partial charge < -0.3 is 45.2 Å². The van der Waals surface area contributed by atoms with Gasteiger partial charge in [0.1, 0.15) is 0 Å². The molecule has 0 saturated heterocycles. The molecule has 1 aliphatic heterocycles. The Bertz CT molecular complexity index is 1870. The second kappa shape index (κ2) is 20.2. The molecule has 5 atom stereocenters. The minimum atomic E-state index is -2.32. The molecule has 1 aliphatic rings. The van der Waals surface area contributed by atoms with Gasteiger partial charge >= 0.3 is 41.9 Å². The first-order valence-electron chi connectivity index (χ1n) is 16.1. The summed E-state index contributed by atoms with van der Waals surface area (Å²) < 4.78 is 8.90. The number of amides is 1. The Labute approximate surface area is 311 Å². The van der Waals surface area contributed by atoms with E-state index in [9.17, 15) is 38.7 Å². The van der Waals surface area contributed by atoms with Gasteiger partial charge in [-0.3, -0.25) is 4.90 Å². The van der Waals surface area contributed by atoms with Crippen molar-refractivity contribution >= 4 is 41.9 Å². The van der Waals surface area contributed by atoms with Crippen molar-refractivity contribution in [3.8, 4) is 0 Å². The van der Waals surface area contributed by atoms with Crippen LogP contribution in [0.1, 0.15) is 43.4 Å². The first-order valence-corrected chi connectivity index (χ1v) is 16.1. The van der Waals surface area contributed by atoms with E-state index in [1.165, 1.54) is 59.0 Å². The van der Waals surface area contributed by atoms with Crippen molar-refractivity contribution in [1.82, 2.24) is 4.90 Å². The monoisotopic (exact) mass is 761 g/mol. The summed E-state index contributed by atoms with van der Waals surface area (Å²) in [5.41, 5.74) is 3.48. The van der Waals surface area contributed by atoms with Crippen LogP contribution in [0, 0.1) is 0 Å². The van der Waals surface area contributed by atoms with E-state index in [1.807, 2.05) is 48.5 Å². The molecule has 55 heavy (non-hydrogen) atoms. The van der Waals surface area contributed by atoms with E-state index in [1.54, 1.807) is 12.1 Å². The molecule has 7 N–H and O–H groups in total. The van der Waals surface area contributed by atoms with Gasteiger partial charge in [-0.2, -0.15) is 0 Å². The molecule has 4 aromatic carbocycles. The molecule has 0 fully saturated rings. The number of carboxylic acids is 4. The summed E-state index contributed by atoms with van der Waals surface area (Å²) >= 11 is 0. The standard InChI is InChI=1S/C16H15NO2.2C11H10O7/c18-16(19)17-11-10-12-6-4-5-9-14(12)15(17)13-7-2-1-3-8-13;2*12-7(9(13)14)8(10(15)16)18-11(17)6-4-2-1-3-5-6/h1-9,15H,10-11H2,(H,18,19);2*1-5,7-8,12H,(H,13,14)(H,15,16)/t15-;7-,8-;/m10./s1. The molecule has 0 bridgehead atoms. The number of carbonyl (C=O) groups is 7. The molecule has 4 aromatic rings. The molecule has 0 spiro atoms. The fourth-order valence-corrected chi connectivity index (χ4v) is 5.04. The largest absolute Gasteiger partial charge is 0.479 e. The highest BCUT2D eigenvalue weighted by atomic mass is 16.6. The van der Waals surface area contributed by atoms with Crippen LogP contribution in [-0.4, -0.2) is 114 Å². The molecular formula is C38H35NO16. The molecule has 0 radical (unpaired) electrons. The second-order valence-electron chi connectivity index (χ2n) is 11.4. The van der Waals surface area contributed by atoms with Gasteiger partial charge in [-0.25, -0.2) is 33.6 Å². The van der Waals surface area contributed by atoms with Gasteiger partial charge in [0, 0.05) is 6.54 Å². The summed E-state index contributed by atoms with van der Waals surface area (Å²) in [6, 6.07) is 32.6. The number of aliphatic hydroxyl groups excluding tert-OH is 2. The molecular weight excluding hydrogens is 726 g/mol. The third-order valence-electron chi connectivity index (χ3n) is 7.70. The third-order valence-corrected chi connectivity index (χ3v) is 7.70. The maximum atomic E-state index is 11.5. The molecule has 1 heterocycles. The van der Waals surface area contributed by atoms with Gasteiger partial charge in [0.2, 0.25) is 12.2 Å². The lowest BCUT2D eigenvalue weighted by Gasteiger charge is -2.35. The van der Waals surface area contributed by atoms with Gasteiger partial charge in [-0.15, -0.1) is 0 Å². The number of nitrogens with zero attached hydrogens (tertiary/aromatic N) is 1. The Morgan fingerprint density at radius 2 is 0.909 bits per heavy atom. The predicted octanol–water partition coefficient (Wildman–Crippen LogP) is 2.80.